The zero-order chi connectivity index (χ0) is 10.9. The van der Waals surface area contributed by atoms with Crippen molar-refractivity contribution in [3.8, 4) is 0 Å². The van der Waals surface area contributed by atoms with Gasteiger partial charge in [0.15, 0.2) is 5.75 Å². The number of aliphatic carboxylic acids is 1. The summed E-state index contributed by atoms with van der Waals surface area (Å²) in [5, 5.41) is 8.44. The van der Waals surface area contributed by atoms with Crippen molar-refractivity contribution in [2.75, 3.05) is 18.8 Å². The van der Waals surface area contributed by atoms with Gasteiger partial charge in [0.05, 0.1) is 0 Å². The second kappa shape index (κ2) is 3.86. The molecule has 0 aliphatic carbocycles. The van der Waals surface area contributed by atoms with Gasteiger partial charge in [-0.1, -0.05) is 13.8 Å². The molecule has 82 valence electrons. The largest absolute Gasteiger partial charge is 0.480 e. The maximum Gasteiger partial charge on any atom is 0.320 e. The molecular formula is C8H15NO4S. The molecule has 1 fully saturated rings. The second-order valence-corrected chi connectivity index (χ2v) is 5.89. The van der Waals surface area contributed by atoms with Crippen molar-refractivity contribution in [3.63, 3.8) is 0 Å². The molecule has 1 rings (SSSR count). The molecule has 1 saturated heterocycles. The average Bonchev–Trinajstić information content (AvgIpc) is 2.30. The van der Waals surface area contributed by atoms with E-state index in [9.17, 15) is 13.2 Å². The van der Waals surface area contributed by atoms with Crippen LogP contribution in [0.4, 0.5) is 0 Å². The van der Waals surface area contributed by atoms with Gasteiger partial charge in [0.1, 0.15) is 0 Å². The Morgan fingerprint density at radius 2 is 1.79 bits per heavy atom. The van der Waals surface area contributed by atoms with E-state index in [4.69, 9.17) is 5.11 Å². The number of rotatable bonds is 3. The molecule has 0 aromatic rings. The number of carbonyl (C=O) groups is 1. The Bertz CT molecular complexity index is 314. The summed E-state index contributed by atoms with van der Waals surface area (Å²) in [6, 6.07) is 0. The standard InChI is InChI=1S/C8H15NO4S/c1-6-3-9(4-7(6)2)14(12,13)5-8(10)11/h6-7H,3-5H2,1-2H3,(H,10,11). The van der Waals surface area contributed by atoms with Gasteiger partial charge in [-0.25, -0.2) is 12.7 Å². The van der Waals surface area contributed by atoms with Gasteiger partial charge in [0, 0.05) is 13.1 Å². The maximum atomic E-state index is 11.5. The normalized spacial score (nSPS) is 29.3. The number of carboxylic acids is 1. The third-order valence-corrected chi connectivity index (χ3v) is 4.35. The minimum absolute atomic E-state index is 0.304. The third-order valence-electron chi connectivity index (χ3n) is 2.65. The Morgan fingerprint density at radius 3 is 2.14 bits per heavy atom. The van der Waals surface area contributed by atoms with Crippen LogP contribution in [-0.2, 0) is 14.8 Å². The zero-order valence-corrected chi connectivity index (χ0v) is 9.12. The highest BCUT2D eigenvalue weighted by Gasteiger charge is 2.34. The molecule has 0 bridgehead atoms. The molecule has 0 amide bonds. The fraction of sp³-hybridized carbons (Fsp3) is 0.875. The van der Waals surface area contributed by atoms with Gasteiger partial charge in [-0.3, -0.25) is 4.79 Å². The molecule has 2 unspecified atom stereocenters. The molecule has 0 spiro atoms. The summed E-state index contributed by atoms with van der Waals surface area (Å²) in [4.78, 5) is 10.3. The lowest BCUT2D eigenvalue weighted by Crippen LogP contribution is -2.33. The van der Waals surface area contributed by atoms with Gasteiger partial charge in [-0.15, -0.1) is 0 Å². The van der Waals surface area contributed by atoms with Crippen molar-refractivity contribution in [3.05, 3.63) is 0 Å². The Morgan fingerprint density at radius 1 is 1.36 bits per heavy atom. The van der Waals surface area contributed by atoms with Gasteiger partial charge in [0.2, 0.25) is 10.0 Å². The van der Waals surface area contributed by atoms with E-state index >= 15 is 0 Å². The number of hydrogen-bond donors (Lipinski definition) is 1. The van der Waals surface area contributed by atoms with E-state index in [1.165, 1.54) is 4.31 Å². The summed E-state index contributed by atoms with van der Waals surface area (Å²) < 4.78 is 24.2. The highest BCUT2D eigenvalue weighted by molar-refractivity contribution is 7.89. The highest BCUT2D eigenvalue weighted by Crippen LogP contribution is 2.24. The number of nitrogens with zero attached hydrogens (tertiary/aromatic N) is 1. The topological polar surface area (TPSA) is 74.7 Å². The SMILES string of the molecule is CC1CN(S(=O)(=O)CC(=O)O)CC1C. The van der Waals surface area contributed by atoms with Gasteiger partial charge >= 0.3 is 5.97 Å². The van der Waals surface area contributed by atoms with Crippen LogP contribution in [0.1, 0.15) is 13.8 Å². The summed E-state index contributed by atoms with van der Waals surface area (Å²) in [5.41, 5.74) is 0. The van der Waals surface area contributed by atoms with E-state index in [2.05, 4.69) is 0 Å². The Hall–Kier alpha value is -0.620. The van der Waals surface area contributed by atoms with E-state index in [-0.39, 0.29) is 0 Å². The molecule has 5 nitrogen and oxygen atoms in total. The van der Waals surface area contributed by atoms with Gasteiger partial charge in [-0.2, -0.15) is 0 Å². The molecule has 14 heavy (non-hydrogen) atoms. The van der Waals surface area contributed by atoms with Crippen LogP contribution in [-0.4, -0.2) is 42.6 Å². The van der Waals surface area contributed by atoms with Crippen molar-refractivity contribution >= 4 is 16.0 Å². The molecule has 0 aromatic heterocycles. The van der Waals surface area contributed by atoms with Crippen molar-refractivity contribution in [2.45, 2.75) is 13.8 Å². The van der Waals surface area contributed by atoms with Crippen LogP contribution >= 0.6 is 0 Å². The van der Waals surface area contributed by atoms with Crippen LogP contribution in [0.15, 0.2) is 0 Å². The number of hydrogen-bond acceptors (Lipinski definition) is 3. The monoisotopic (exact) mass is 221 g/mol. The van der Waals surface area contributed by atoms with Crippen molar-refractivity contribution in [1.29, 1.82) is 0 Å². The van der Waals surface area contributed by atoms with Crippen LogP contribution in [0.5, 0.6) is 0 Å². The van der Waals surface area contributed by atoms with E-state index in [1.54, 1.807) is 0 Å². The Kier molecular flexibility index (Phi) is 3.16. The smallest absolute Gasteiger partial charge is 0.320 e. The van der Waals surface area contributed by atoms with E-state index in [1.807, 2.05) is 13.8 Å². The molecule has 0 aromatic carbocycles. The van der Waals surface area contributed by atoms with Crippen LogP contribution in [0.2, 0.25) is 0 Å². The Labute approximate surface area is 83.8 Å². The molecule has 1 aliphatic rings. The third kappa shape index (κ3) is 2.45. The first-order chi connectivity index (χ1) is 6.33. The fourth-order valence-corrected chi connectivity index (χ4v) is 2.97. The van der Waals surface area contributed by atoms with Gasteiger partial charge in [-0.05, 0) is 11.8 Å². The molecule has 0 saturated carbocycles. The predicted octanol–water partition coefficient (Wildman–Crippen LogP) is -0.0114. The Balaban J connectivity index is 2.71. The first-order valence-corrected chi connectivity index (χ1v) is 6.13. The van der Waals surface area contributed by atoms with Gasteiger partial charge < -0.3 is 5.11 Å². The van der Waals surface area contributed by atoms with Crippen molar-refractivity contribution in [1.82, 2.24) is 4.31 Å². The molecule has 2 atom stereocenters. The zero-order valence-electron chi connectivity index (χ0n) is 8.30. The minimum Gasteiger partial charge on any atom is -0.480 e. The second-order valence-electron chi connectivity index (χ2n) is 3.92. The maximum absolute atomic E-state index is 11.5. The van der Waals surface area contributed by atoms with Crippen LogP contribution in [0, 0.1) is 11.8 Å². The van der Waals surface area contributed by atoms with Gasteiger partial charge in [0.25, 0.3) is 0 Å². The molecule has 1 heterocycles. The lowest BCUT2D eigenvalue weighted by molar-refractivity contribution is -0.134. The quantitative estimate of drug-likeness (QED) is 0.727. The summed E-state index contributed by atoms with van der Waals surface area (Å²) >= 11 is 0. The van der Waals surface area contributed by atoms with Crippen LogP contribution in [0.25, 0.3) is 0 Å². The lowest BCUT2D eigenvalue weighted by Gasteiger charge is -2.13. The van der Waals surface area contributed by atoms with Crippen molar-refractivity contribution in [2.24, 2.45) is 11.8 Å². The van der Waals surface area contributed by atoms with Crippen LogP contribution < -0.4 is 0 Å². The van der Waals surface area contributed by atoms with E-state index < -0.39 is 21.7 Å². The van der Waals surface area contributed by atoms with Crippen LogP contribution in [0.3, 0.4) is 0 Å². The lowest BCUT2D eigenvalue weighted by atomic mass is 10.0. The molecule has 1 aliphatic heterocycles. The molecule has 0 radical (unpaired) electrons. The number of carboxylic acid groups (broad SMARTS) is 1. The summed E-state index contributed by atoms with van der Waals surface area (Å²) in [5.74, 6) is -1.48. The average molecular weight is 221 g/mol. The fourth-order valence-electron chi connectivity index (χ4n) is 1.55. The molecular weight excluding hydrogens is 206 g/mol. The minimum atomic E-state index is -3.59. The first-order valence-electron chi connectivity index (χ1n) is 4.52. The highest BCUT2D eigenvalue weighted by atomic mass is 32.2. The summed E-state index contributed by atoms with van der Waals surface area (Å²) in [7, 11) is -3.59. The predicted molar refractivity (Wildman–Crippen MR) is 51.3 cm³/mol. The molecule has 6 heteroatoms. The molecule has 1 N–H and O–H groups in total. The summed E-state index contributed by atoms with van der Waals surface area (Å²) in [6.07, 6.45) is 0. The van der Waals surface area contributed by atoms with E-state index in [0.717, 1.165) is 0 Å². The van der Waals surface area contributed by atoms with E-state index in [0.29, 0.717) is 24.9 Å². The summed E-state index contributed by atoms with van der Waals surface area (Å²) in [6.45, 7) is 4.83. The number of sulfonamides is 1. The van der Waals surface area contributed by atoms with Crippen molar-refractivity contribution < 1.29 is 18.3 Å². The first kappa shape index (κ1) is 11.5.